The van der Waals surface area contributed by atoms with E-state index in [0.29, 0.717) is 5.82 Å². The van der Waals surface area contributed by atoms with Gasteiger partial charge in [0.1, 0.15) is 5.82 Å². The van der Waals surface area contributed by atoms with Gasteiger partial charge in [-0.2, -0.15) is 0 Å². The van der Waals surface area contributed by atoms with Gasteiger partial charge in [-0.1, -0.05) is 43.2 Å². The van der Waals surface area contributed by atoms with Gasteiger partial charge in [0.15, 0.2) is 0 Å². The first-order valence-corrected chi connectivity index (χ1v) is 8.27. The molecule has 0 aliphatic heterocycles. The van der Waals surface area contributed by atoms with Crippen LogP contribution in [0.4, 0.5) is 5.82 Å². The van der Waals surface area contributed by atoms with Crippen molar-refractivity contribution in [3.05, 3.63) is 57.8 Å². The topological polar surface area (TPSA) is 42.0 Å². The number of nitrogens with one attached hydrogen (secondary N) is 1. The smallest absolute Gasteiger partial charge is 0.236 e. The Morgan fingerprint density at radius 1 is 1.10 bits per heavy atom. The molecule has 0 unspecified atom stereocenters. The Morgan fingerprint density at radius 3 is 2.43 bits per heavy atom. The van der Waals surface area contributed by atoms with Crippen LogP contribution in [0.5, 0.6) is 0 Å². The molecule has 1 heterocycles. The average molecular weight is 392 g/mol. The molecule has 4 heteroatoms. The summed E-state index contributed by atoms with van der Waals surface area (Å²) in [6.45, 7) is 0. The molecule has 1 aromatic heterocycles. The Kier molecular flexibility index (Phi) is 4.24. The number of rotatable bonds is 3. The van der Waals surface area contributed by atoms with Crippen LogP contribution in [0.2, 0.25) is 0 Å². The first-order chi connectivity index (χ1) is 10.2. The largest absolute Gasteiger partial charge is 0.310 e. The van der Waals surface area contributed by atoms with E-state index in [1.807, 2.05) is 30.3 Å². The van der Waals surface area contributed by atoms with Crippen molar-refractivity contribution < 1.29 is 4.79 Å². The summed E-state index contributed by atoms with van der Waals surface area (Å²) in [5.41, 5.74) is 0.719. The van der Waals surface area contributed by atoms with Crippen LogP contribution in [0.1, 0.15) is 31.2 Å². The minimum Gasteiger partial charge on any atom is -0.310 e. The predicted molar refractivity (Wildman–Crippen MR) is 92.2 cm³/mol. The van der Waals surface area contributed by atoms with Crippen molar-refractivity contribution in [2.45, 2.75) is 31.1 Å². The molecular formula is C17H17IN2O. The molecule has 1 aromatic carbocycles. The fourth-order valence-corrected chi connectivity index (χ4v) is 3.39. The molecule has 0 saturated heterocycles. The molecule has 0 spiro atoms. The number of aromatic nitrogens is 1. The molecule has 1 saturated carbocycles. The molecule has 0 bridgehead atoms. The highest BCUT2D eigenvalue weighted by Gasteiger charge is 2.42. The van der Waals surface area contributed by atoms with Gasteiger partial charge in [0.05, 0.1) is 5.41 Å². The van der Waals surface area contributed by atoms with Crippen molar-refractivity contribution in [3.8, 4) is 0 Å². The number of pyridine rings is 1. The highest BCUT2D eigenvalue weighted by molar-refractivity contribution is 14.1. The third kappa shape index (κ3) is 2.95. The van der Waals surface area contributed by atoms with Crippen molar-refractivity contribution in [1.82, 2.24) is 4.98 Å². The van der Waals surface area contributed by atoms with E-state index in [9.17, 15) is 4.79 Å². The maximum Gasteiger partial charge on any atom is 0.236 e. The number of nitrogens with zero attached hydrogens (tertiary/aromatic N) is 1. The maximum absolute atomic E-state index is 12.9. The summed E-state index contributed by atoms with van der Waals surface area (Å²) in [5, 5.41) is 3.00. The van der Waals surface area contributed by atoms with E-state index in [4.69, 9.17) is 0 Å². The molecule has 3 rings (SSSR count). The Hall–Kier alpha value is -1.43. The number of carbonyl (C=O) groups is 1. The van der Waals surface area contributed by atoms with Crippen LogP contribution in [-0.2, 0) is 10.2 Å². The predicted octanol–water partition coefficient (Wildman–Crippen LogP) is 4.14. The summed E-state index contributed by atoms with van der Waals surface area (Å²) in [5.74, 6) is 0.697. The Balaban J connectivity index is 1.87. The fraction of sp³-hybridized carbons (Fsp3) is 0.294. The second-order valence-corrected chi connectivity index (χ2v) is 6.72. The maximum atomic E-state index is 12.9. The van der Waals surface area contributed by atoms with E-state index < -0.39 is 5.41 Å². The zero-order valence-electron chi connectivity index (χ0n) is 11.7. The van der Waals surface area contributed by atoms with Gasteiger partial charge in [0, 0.05) is 9.77 Å². The lowest BCUT2D eigenvalue weighted by Crippen LogP contribution is -2.38. The van der Waals surface area contributed by atoms with Crippen LogP contribution < -0.4 is 5.32 Å². The molecule has 0 radical (unpaired) electrons. The molecule has 1 N–H and O–H groups in total. The zero-order valence-corrected chi connectivity index (χ0v) is 13.8. The van der Waals surface area contributed by atoms with E-state index >= 15 is 0 Å². The molecular weight excluding hydrogens is 375 g/mol. The Labute approximate surface area is 138 Å². The first-order valence-electron chi connectivity index (χ1n) is 7.19. The SMILES string of the molecule is O=C(Nc1ccc(I)cn1)C1(c2ccccc2)CCCC1. The standard InChI is InChI=1S/C17H17IN2O/c18-14-8-9-15(19-12-14)20-16(21)17(10-4-5-11-17)13-6-2-1-3-7-13/h1-3,6-9,12H,4-5,10-11H2,(H,19,20,21). The summed E-state index contributed by atoms with van der Waals surface area (Å²) in [6.07, 6.45) is 5.78. The summed E-state index contributed by atoms with van der Waals surface area (Å²) < 4.78 is 1.06. The quantitative estimate of drug-likeness (QED) is 0.798. The number of carbonyl (C=O) groups excluding carboxylic acids is 1. The second-order valence-electron chi connectivity index (χ2n) is 5.47. The molecule has 1 aliphatic carbocycles. The summed E-state index contributed by atoms with van der Waals surface area (Å²) in [7, 11) is 0. The minimum atomic E-state index is -0.397. The van der Waals surface area contributed by atoms with Crippen molar-refractivity contribution in [2.75, 3.05) is 5.32 Å². The number of hydrogen-bond acceptors (Lipinski definition) is 2. The van der Waals surface area contributed by atoms with E-state index in [1.54, 1.807) is 6.20 Å². The van der Waals surface area contributed by atoms with Crippen LogP contribution in [0, 0.1) is 3.57 Å². The zero-order chi connectivity index (χ0) is 14.7. The molecule has 1 amide bonds. The molecule has 1 fully saturated rings. The van der Waals surface area contributed by atoms with Gasteiger partial charge in [-0.25, -0.2) is 4.98 Å². The van der Waals surface area contributed by atoms with Gasteiger partial charge < -0.3 is 5.32 Å². The lowest BCUT2D eigenvalue weighted by molar-refractivity contribution is -0.121. The Morgan fingerprint density at radius 2 is 1.81 bits per heavy atom. The van der Waals surface area contributed by atoms with Crippen molar-refractivity contribution in [3.63, 3.8) is 0 Å². The summed E-state index contributed by atoms with van der Waals surface area (Å²) in [4.78, 5) is 17.1. The first kappa shape index (κ1) is 14.5. The van der Waals surface area contributed by atoms with Gasteiger partial charge in [0.2, 0.25) is 5.91 Å². The van der Waals surface area contributed by atoms with Gasteiger partial charge in [-0.3, -0.25) is 4.79 Å². The second kappa shape index (κ2) is 6.13. The number of amides is 1. The summed E-state index contributed by atoms with van der Waals surface area (Å²) in [6, 6.07) is 13.9. The summed E-state index contributed by atoms with van der Waals surface area (Å²) >= 11 is 2.21. The van der Waals surface area contributed by atoms with Crippen LogP contribution in [0.25, 0.3) is 0 Å². The van der Waals surface area contributed by atoms with E-state index in [-0.39, 0.29) is 5.91 Å². The van der Waals surface area contributed by atoms with E-state index in [2.05, 4.69) is 45.0 Å². The van der Waals surface area contributed by atoms with E-state index in [1.165, 1.54) is 0 Å². The fourth-order valence-electron chi connectivity index (χ4n) is 3.07. The number of halogens is 1. The van der Waals surface area contributed by atoms with Crippen LogP contribution in [-0.4, -0.2) is 10.9 Å². The molecule has 1 aliphatic rings. The number of benzene rings is 1. The van der Waals surface area contributed by atoms with Crippen LogP contribution in [0.3, 0.4) is 0 Å². The monoisotopic (exact) mass is 392 g/mol. The van der Waals surface area contributed by atoms with Gasteiger partial charge in [0.25, 0.3) is 0 Å². The van der Waals surface area contributed by atoms with Crippen LogP contribution in [0.15, 0.2) is 48.7 Å². The van der Waals surface area contributed by atoms with Crippen LogP contribution >= 0.6 is 22.6 Å². The number of hydrogen-bond donors (Lipinski definition) is 1. The molecule has 3 nitrogen and oxygen atoms in total. The highest BCUT2D eigenvalue weighted by atomic mass is 127. The molecule has 0 atom stereocenters. The Bertz CT molecular complexity index is 619. The van der Waals surface area contributed by atoms with E-state index in [0.717, 1.165) is 34.8 Å². The third-order valence-corrected chi connectivity index (χ3v) is 4.83. The molecule has 2 aromatic rings. The molecule has 108 valence electrons. The third-order valence-electron chi connectivity index (χ3n) is 4.19. The van der Waals surface area contributed by atoms with Crippen molar-refractivity contribution in [2.24, 2.45) is 0 Å². The molecule has 21 heavy (non-hydrogen) atoms. The lowest BCUT2D eigenvalue weighted by Gasteiger charge is -2.28. The van der Waals surface area contributed by atoms with Gasteiger partial charge in [-0.05, 0) is 53.1 Å². The van der Waals surface area contributed by atoms with Crippen molar-refractivity contribution >= 4 is 34.3 Å². The normalized spacial score (nSPS) is 16.6. The van der Waals surface area contributed by atoms with Gasteiger partial charge >= 0.3 is 0 Å². The van der Waals surface area contributed by atoms with Crippen molar-refractivity contribution in [1.29, 1.82) is 0 Å². The minimum absolute atomic E-state index is 0.0694. The number of anilines is 1. The lowest BCUT2D eigenvalue weighted by atomic mass is 9.78. The average Bonchev–Trinajstić information content (AvgIpc) is 3.01. The highest BCUT2D eigenvalue weighted by Crippen LogP contribution is 2.41. The van der Waals surface area contributed by atoms with Gasteiger partial charge in [-0.15, -0.1) is 0 Å².